The van der Waals surface area contributed by atoms with Crippen molar-refractivity contribution >= 4 is 51.2 Å². The van der Waals surface area contributed by atoms with Gasteiger partial charge in [0.05, 0.1) is 11.8 Å². The van der Waals surface area contributed by atoms with Crippen LogP contribution in [0, 0.1) is 6.92 Å². The van der Waals surface area contributed by atoms with Gasteiger partial charge in [-0.15, -0.1) is 21.5 Å². The van der Waals surface area contributed by atoms with E-state index in [4.69, 9.17) is 0 Å². The van der Waals surface area contributed by atoms with E-state index in [0.717, 1.165) is 25.6 Å². The number of carbonyl (C=O) groups excluding carboxylic acids is 1. The molecule has 130 valence electrons. The normalized spacial score (nSPS) is 11.9. The van der Waals surface area contributed by atoms with Crippen LogP contribution in [-0.4, -0.2) is 21.9 Å². The molecule has 0 bridgehead atoms. The molecule has 25 heavy (non-hydrogen) atoms. The quantitative estimate of drug-likeness (QED) is 0.576. The van der Waals surface area contributed by atoms with E-state index in [-0.39, 0.29) is 11.9 Å². The van der Waals surface area contributed by atoms with Gasteiger partial charge in [0.25, 0.3) is 0 Å². The molecule has 1 aromatic carbocycles. The molecular weight excluding hydrogens is 372 g/mol. The van der Waals surface area contributed by atoms with Crippen molar-refractivity contribution in [3.63, 3.8) is 0 Å². The van der Waals surface area contributed by atoms with E-state index in [1.54, 1.807) is 11.3 Å². The molecule has 2 N–H and O–H groups in total. The Morgan fingerprint density at radius 3 is 2.84 bits per heavy atom. The van der Waals surface area contributed by atoms with Crippen molar-refractivity contribution in [2.45, 2.75) is 24.2 Å². The number of anilines is 2. The fourth-order valence-electron chi connectivity index (χ4n) is 2.17. The van der Waals surface area contributed by atoms with Crippen LogP contribution >= 0.6 is 34.4 Å². The van der Waals surface area contributed by atoms with Gasteiger partial charge in [0, 0.05) is 10.6 Å². The van der Waals surface area contributed by atoms with Gasteiger partial charge in [0.15, 0.2) is 4.34 Å². The van der Waals surface area contributed by atoms with Crippen LogP contribution in [0.4, 0.5) is 10.8 Å². The fourth-order valence-corrected chi connectivity index (χ4v) is 4.48. The number of thiophene rings is 1. The zero-order valence-corrected chi connectivity index (χ0v) is 16.3. The van der Waals surface area contributed by atoms with Crippen LogP contribution in [0.5, 0.6) is 0 Å². The molecule has 1 atom stereocenters. The lowest BCUT2D eigenvalue weighted by atomic mass is 10.2. The SMILES string of the molecule is Cc1ccccc1Nc1nnc(SCC(=O)N[C@H](C)c2cccs2)s1. The largest absolute Gasteiger partial charge is 0.348 e. The van der Waals surface area contributed by atoms with Crippen molar-refractivity contribution in [3.8, 4) is 0 Å². The summed E-state index contributed by atoms with van der Waals surface area (Å²) in [7, 11) is 0. The summed E-state index contributed by atoms with van der Waals surface area (Å²) in [5, 5.41) is 17.3. The van der Waals surface area contributed by atoms with E-state index in [2.05, 4.69) is 20.8 Å². The van der Waals surface area contributed by atoms with Gasteiger partial charge in [-0.25, -0.2) is 0 Å². The Bertz CT molecular complexity index is 832. The maximum atomic E-state index is 12.1. The number of hydrogen-bond acceptors (Lipinski definition) is 7. The molecule has 3 aromatic rings. The van der Waals surface area contributed by atoms with E-state index in [1.807, 2.05) is 55.6 Å². The number of rotatable bonds is 7. The number of para-hydroxylation sites is 1. The molecule has 2 heterocycles. The highest BCUT2D eigenvalue weighted by Gasteiger charge is 2.12. The molecule has 0 spiro atoms. The highest BCUT2D eigenvalue weighted by molar-refractivity contribution is 8.01. The molecule has 8 heteroatoms. The minimum absolute atomic E-state index is 0.00508. The summed E-state index contributed by atoms with van der Waals surface area (Å²) in [5.74, 6) is 0.323. The number of aromatic nitrogens is 2. The maximum Gasteiger partial charge on any atom is 0.230 e. The van der Waals surface area contributed by atoms with E-state index in [0.29, 0.717) is 5.75 Å². The summed E-state index contributed by atoms with van der Waals surface area (Å²) in [5.41, 5.74) is 2.16. The van der Waals surface area contributed by atoms with Crippen molar-refractivity contribution in [3.05, 3.63) is 52.2 Å². The predicted molar refractivity (Wildman–Crippen MR) is 106 cm³/mol. The monoisotopic (exact) mass is 390 g/mol. The second kappa shape index (κ2) is 8.46. The van der Waals surface area contributed by atoms with Crippen molar-refractivity contribution in [1.82, 2.24) is 15.5 Å². The summed E-state index contributed by atoms with van der Waals surface area (Å²) in [6, 6.07) is 12.1. The molecule has 0 saturated heterocycles. The first-order chi connectivity index (χ1) is 12.1. The molecule has 0 fully saturated rings. The molecule has 5 nitrogen and oxygen atoms in total. The molecule has 0 saturated carbocycles. The zero-order chi connectivity index (χ0) is 17.6. The summed E-state index contributed by atoms with van der Waals surface area (Å²) >= 11 is 4.49. The van der Waals surface area contributed by atoms with Gasteiger partial charge in [0.1, 0.15) is 0 Å². The van der Waals surface area contributed by atoms with Crippen LogP contribution in [0.2, 0.25) is 0 Å². The average Bonchev–Trinajstić information content (AvgIpc) is 3.27. The number of nitrogens with one attached hydrogen (secondary N) is 2. The third-order valence-corrected chi connectivity index (χ3v) is 6.49. The van der Waals surface area contributed by atoms with Crippen LogP contribution < -0.4 is 10.6 Å². The Labute approximate surface area is 158 Å². The third kappa shape index (κ3) is 5.04. The van der Waals surface area contributed by atoms with E-state index < -0.39 is 0 Å². The number of amides is 1. The predicted octanol–water partition coefficient (Wildman–Crippen LogP) is 4.62. The second-order valence-electron chi connectivity index (χ2n) is 5.41. The Balaban J connectivity index is 1.50. The van der Waals surface area contributed by atoms with Gasteiger partial charge < -0.3 is 10.6 Å². The maximum absolute atomic E-state index is 12.1. The second-order valence-corrected chi connectivity index (χ2v) is 8.59. The highest BCUT2D eigenvalue weighted by Crippen LogP contribution is 2.28. The number of thioether (sulfide) groups is 1. The van der Waals surface area contributed by atoms with Crippen molar-refractivity contribution in [2.75, 3.05) is 11.1 Å². The summed E-state index contributed by atoms with van der Waals surface area (Å²) < 4.78 is 0.773. The lowest BCUT2D eigenvalue weighted by molar-refractivity contribution is -0.119. The zero-order valence-electron chi connectivity index (χ0n) is 13.9. The van der Waals surface area contributed by atoms with Gasteiger partial charge in [-0.05, 0) is 36.9 Å². The Morgan fingerprint density at radius 1 is 1.24 bits per heavy atom. The molecule has 0 aliphatic rings. The number of carbonyl (C=O) groups is 1. The van der Waals surface area contributed by atoms with Crippen LogP contribution in [-0.2, 0) is 4.79 Å². The van der Waals surface area contributed by atoms with Gasteiger partial charge in [-0.3, -0.25) is 4.79 Å². The van der Waals surface area contributed by atoms with Crippen molar-refractivity contribution < 1.29 is 4.79 Å². The van der Waals surface area contributed by atoms with E-state index in [1.165, 1.54) is 23.1 Å². The molecule has 0 aliphatic heterocycles. The van der Waals surface area contributed by atoms with Crippen LogP contribution in [0.25, 0.3) is 0 Å². The average molecular weight is 391 g/mol. The van der Waals surface area contributed by atoms with Gasteiger partial charge >= 0.3 is 0 Å². The fraction of sp³-hybridized carbons (Fsp3) is 0.235. The van der Waals surface area contributed by atoms with Crippen molar-refractivity contribution in [2.24, 2.45) is 0 Å². The molecule has 3 rings (SSSR count). The molecule has 2 aromatic heterocycles. The number of nitrogens with zero attached hydrogens (tertiary/aromatic N) is 2. The first-order valence-electron chi connectivity index (χ1n) is 7.73. The Kier molecular flexibility index (Phi) is 6.06. The number of aryl methyl sites for hydroxylation is 1. The lowest BCUT2D eigenvalue weighted by Crippen LogP contribution is -2.27. The minimum Gasteiger partial charge on any atom is -0.348 e. The number of benzene rings is 1. The van der Waals surface area contributed by atoms with Gasteiger partial charge in [-0.2, -0.15) is 0 Å². The minimum atomic E-state index is -0.00508. The van der Waals surface area contributed by atoms with Crippen LogP contribution in [0.3, 0.4) is 0 Å². The van der Waals surface area contributed by atoms with Gasteiger partial charge in [-0.1, -0.05) is 47.4 Å². The Morgan fingerprint density at radius 2 is 2.08 bits per heavy atom. The molecule has 0 aliphatic carbocycles. The van der Waals surface area contributed by atoms with Gasteiger partial charge in [0.2, 0.25) is 11.0 Å². The topological polar surface area (TPSA) is 66.9 Å². The summed E-state index contributed by atoms with van der Waals surface area (Å²) in [4.78, 5) is 13.2. The van der Waals surface area contributed by atoms with E-state index in [9.17, 15) is 4.79 Å². The third-order valence-electron chi connectivity index (χ3n) is 3.47. The smallest absolute Gasteiger partial charge is 0.230 e. The molecule has 1 amide bonds. The molecule has 0 radical (unpaired) electrons. The molecular formula is C17H18N4OS3. The summed E-state index contributed by atoms with van der Waals surface area (Å²) in [6.45, 7) is 4.03. The Hall–Kier alpha value is -1.90. The van der Waals surface area contributed by atoms with E-state index >= 15 is 0 Å². The first-order valence-corrected chi connectivity index (χ1v) is 10.4. The highest BCUT2D eigenvalue weighted by atomic mass is 32.2. The summed E-state index contributed by atoms with van der Waals surface area (Å²) in [6.07, 6.45) is 0. The lowest BCUT2D eigenvalue weighted by Gasteiger charge is -2.11. The van der Waals surface area contributed by atoms with Crippen LogP contribution in [0.15, 0.2) is 46.1 Å². The standard InChI is InChI=1S/C17H18N4OS3/c1-11-6-3-4-7-13(11)19-16-20-21-17(25-16)24-10-15(22)18-12(2)14-8-5-9-23-14/h3-9,12H,10H2,1-2H3,(H,18,22)(H,19,20)/t12-/m1/s1. The first kappa shape index (κ1) is 17.9. The van der Waals surface area contributed by atoms with Crippen molar-refractivity contribution in [1.29, 1.82) is 0 Å². The molecule has 0 unspecified atom stereocenters. The van der Waals surface area contributed by atoms with Crippen LogP contribution in [0.1, 0.15) is 23.4 Å². The number of hydrogen-bond donors (Lipinski definition) is 2.